The Hall–Kier alpha value is -0.300. The standard InChI is InChI=1S/C10H18O/c1-3-5-8(2)10(11)9-6-4-7-9/h3,8-11H,1,4-7H2,2H3. The number of rotatable bonds is 4. The number of aliphatic hydroxyl groups excluding tert-OH is 1. The second-order valence-corrected chi connectivity index (χ2v) is 3.68. The third-order valence-electron chi connectivity index (χ3n) is 2.75. The van der Waals surface area contributed by atoms with E-state index in [1.54, 1.807) is 0 Å². The first kappa shape index (κ1) is 8.79. The van der Waals surface area contributed by atoms with Gasteiger partial charge >= 0.3 is 0 Å². The van der Waals surface area contributed by atoms with Crippen molar-refractivity contribution in [3.8, 4) is 0 Å². The molecule has 1 rings (SSSR count). The van der Waals surface area contributed by atoms with Gasteiger partial charge in [0.1, 0.15) is 0 Å². The van der Waals surface area contributed by atoms with E-state index in [1.807, 2.05) is 6.08 Å². The molecule has 1 fully saturated rings. The van der Waals surface area contributed by atoms with Crippen LogP contribution in [0.15, 0.2) is 12.7 Å². The fourth-order valence-corrected chi connectivity index (χ4v) is 1.65. The first-order valence-electron chi connectivity index (χ1n) is 4.54. The first-order chi connectivity index (χ1) is 5.25. The largest absolute Gasteiger partial charge is 0.393 e. The summed E-state index contributed by atoms with van der Waals surface area (Å²) in [5, 5.41) is 9.72. The Morgan fingerprint density at radius 2 is 2.27 bits per heavy atom. The van der Waals surface area contributed by atoms with Crippen molar-refractivity contribution in [1.29, 1.82) is 0 Å². The maximum atomic E-state index is 9.72. The molecule has 1 N–H and O–H groups in total. The molecule has 0 spiro atoms. The Morgan fingerprint density at radius 1 is 1.64 bits per heavy atom. The van der Waals surface area contributed by atoms with Gasteiger partial charge in [-0.25, -0.2) is 0 Å². The first-order valence-corrected chi connectivity index (χ1v) is 4.54. The van der Waals surface area contributed by atoms with Gasteiger partial charge in [-0.15, -0.1) is 6.58 Å². The minimum Gasteiger partial charge on any atom is -0.393 e. The van der Waals surface area contributed by atoms with Crippen LogP contribution in [0.1, 0.15) is 32.6 Å². The van der Waals surface area contributed by atoms with Gasteiger partial charge in [0.2, 0.25) is 0 Å². The molecule has 0 aromatic heterocycles. The lowest BCUT2D eigenvalue weighted by molar-refractivity contribution is 0.0218. The Kier molecular flexibility index (Phi) is 3.13. The lowest BCUT2D eigenvalue weighted by Crippen LogP contribution is -2.31. The second kappa shape index (κ2) is 3.91. The Labute approximate surface area is 69.1 Å². The van der Waals surface area contributed by atoms with Crippen molar-refractivity contribution < 1.29 is 5.11 Å². The minimum atomic E-state index is -0.0817. The highest BCUT2D eigenvalue weighted by molar-refractivity contribution is 4.83. The maximum Gasteiger partial charge on any atom is 0.0596 e. The molecule has 0 amide bonds. The molecule has 0 aliphatic heterocycles. The van der Waals surface area contributed by atoms with Gasteiger partial charge in [-0.1, -0.05) is 19.4 Å². The van der Waals surface area contributed by atoms with Crippen molar-refractivity contribution in [1.82, 2.24) is 0 Å². The average molecular weight is 154 g/mol. The SMILES string of the molecule is C=CCC(C)C(O)C1CCC1. The Balaban J connectivity index is 2.26. The highest BCUT2D eigenvalue weighted by Gasteiger charge is 2.28. The summed E-state index contributed by atoms with van der Waals surface area (Å²) < 4.78 is 0. The highest BCUT2D eigenvalue weighted by Crippen LogP contribution is 2.33. The van der Waals surface area contributed by atoms with Crippen LogP contribution in [-0.2, 0) is 0 Å². The van der Waals surface area contributed by atoms with Crippen molar-refractivity contribution in [3.05, 3.63) is 12.7 Å². The normalized spacial score (nSPS) is 23.8. The van der Waals surface area contributed by atoms with Crippen molar-refractivity contribution in [2.24, 2.45) is 11.8 Å². The van der Waals surface area contributed by atoms with Crippen LogP contribution in [0.3, 0.4) is 0 Å². The smallest absolute Gasteiger partial charge is 0.0596 e. The van der Waals surface area contributed by atoms with Crippen LogP contribution >= 0.6 is 0 Å². The van der Waals surface area contributed by atoms with Gasteiger partial charge in [0.05, 0.1) is 6.10 Å². The van der Waals surface area contributed by atoms with E-state index in [-0.39, 0.29) is 6.10 Å². The summed E-state index contributed by atoms with van der Waals surface area (Å²) in [5.41, 5.74) is 0. The van der Waals surface area contributed by atoms with Gasteiger partial charge in [-0.05, 0) is 31.1 Å². The van der Waals surface area contributed by atoms with Crippen LogP contribution in [0, 0.1) is 11.8 Å². The molecule has 0 radical (unpaired) electrons. The zero-order valence-electron chi connectivity index (χ0n) is 7.29. The summed E-state index contributed by atoms with van der Waals surface area (Å²) in [5.74, 6) is 0.989. The van der Waals surface area contributed by atoms with E-state index in [1.165, 1.54) is 19.3 Å². The summed E-state index contributed by atoms with van der Waals surface area (Å²) in [6.07, 6.45) is 6.51. The molecule has 0 aromatic rings. The quantitative estimate of drug-likeness (QED) is 0.616. The molecule has 1 aliphatic rings. The molecule has 1 saturated carbocycles. The van der Waals surface area contributed by atoms with Crippen LogP contribution in [0.5, 0.6) is 0 Å². The van der Waals surface area contributed by atoms with E-state index in [0.717, 1.165) is 6.42 Å². The Morgan fingerprint density at radius 3 is 2.64 bits per heavy atom. The summed E-state index contributed by atoms with van der Waals surface area (Å²) in [6.45, 7) is 5.78. The topological polar surface area (TPSA) is 20.2 Å². The summed E-state index contributed by atoms with van der Waals surface area (Å²) in [4.78, 5) is 0. The minimum absolute atomic E-state index is 0.0817. The lowest BCUT2D eigenvalue weighted by atomic mass is 9.76. The number of aliphatic hydroxyl groups is 1. The fourth-order valence-electron chi connectivity index (χ4n) is 1.65. The van der Waals surface area contributed by atoms with Gasteiger partial charge in [0.25, 0.3) is 0 Å². The van der Waals surface area contributed by atoms with Crippen molar-refractivity contribution in [2.75, 3.05) is 0 Å². The maximum absolute atomic E-state index is 9.72. The summed E-state index contributed by atoms with van der Waals surface area (Å²) in [7, 11) is 0. The van der Waals surface area contributed by atoms with Gasteiger partial charge in [0, 0.05) is 0 Å². The molecule has 1 aliphatic carbocycles. The molecule has 1 nitrogen and oxygen atoms in total. The van der Waals surface area contributed by atoms with E-state index < -0.39 is 0 Å². The Bertz CT molecular complexity index is 127. The predicted octanol–water partition coefficient (Wildman–Crippen LogP) is 2.36. The highest BCUT2D eigenvalue weighted by atomic mass is 16.3. The second-order valence-electron chi connectivity index (χ2n) is 3.68. The molecule has 0 heterocycles. The molecular weight excluding hydrogens is 136 g/mol. The van der Waals surface area contributed by atoms with Crippen LogP contribution in [0.2, 0.25) is 0 Å². The summed E-state index contributed by atoms with van der Waals surface area (Å²) >= 11 is 0. The van der Waals surface area contributed by atoms with E-state index in [9.17, 15) is 5.11 Å². The lowest BCUT2D eigenvalue weighted by Gasteiger charge is -2.33. The fraction of sp³-hybridized carbons (Fsp3) is 0.800. The van der Waals surface area contributed by atoms with Gasteiger partial charge < -0.3 is 5.11 Å². The van der Waals surface area contributed by atoms with Crippen LogP contribution in [0.4, 0.5) is 0 Å². The molecule has 2 unspecified atom stereocenters. The number of hydrogen-bond donors (Lipinski definition) is 1. The monoisotopic (exact) mass is 154 g/mol. The molecule has 0 bridgehead atoms. The van der Waals surface area contributed by atoms with Gasteiger partial charge in [0.15, 0.2) is 0 Å². The molecule has 0 saturated heterocycles. The third kappa shape index (κ3) is 2.06. The van der Waals surface area contributed by atoms with Crippen LogP contribution < -0.4 is 0 Å². The summed E-state index contributed by atoms with van der Waals surface area (Å²) in [6, 6.07) is 0. The van der Waals surface area contributed by atoms with E-state index in [2.05, 4.69) is 13.5 Å². The van der Waals surface area contributed by atoms with Crippen molar-refractivity contribution in [3.63, 3.8) is 0 Å². The van der Waals surface area contributed by atoms with Crippen molar-refractivity contribution >= 4 is 0 Å². The molecule has 64 valence electrons. The predicted molar refractivity (Wildman–Crippen MR) is 47.3 cm³/mol. The number of hydrogen-bond acceptors (Lipinski definition) is 1. The average Bonchev–Trinajstić information content (AvgIpc) is 1.84. The van der Waals surface area contributed by atoms with Gasteiger partial charge in [-0.2, -0.15) is 0 Å². The molecule has 2 atom stereocenters. The number of allylic oxidation sites excluding steroid dienone is 1. The van der Waals surface area contributed by atoms with Crippen LogP contribution in [0.25, 0.3) is 0 Å². The molecule has 0 aromatic carbocycles. The molecule has 11 heavy (non-hydrogen) atoms. The zero-order chi connectivity index (χ0) is 8.27. The van der Waals surface area contributed by atoms with Crippen LogP contribution in [-0.4, -0.2) is 11.2 Å². The van der Waals surface area contributed by atoms with E-state index in [4.69, 9.17) is 0 Å². The van der Waals surface area contributed by atoms with E-state index in [0.29, 0.717) is 11.8 Å². The molecule has 1 heteroatoms. The van der Waals surface area contributed by atoms with Crippen molar-refractivity contribution in [2.45, 2.75) is 38.7 Å². The van der Waals surface area contributed by atoms with E-state index >= 15 is 0 Å². The van der Waals surface area contributed by atoms with Gasteiger partial charge in [-0.3, -0.25) is 0 Å². The zero-order valence-corrected chi connectivity index (χ0v) is 7.29. The third-order valence-corrected chi connectivity index (χ3v) is 2.75. The molecular formula is C10H18O.